The van der Waals surface area contributed by atoms with Crippen molar-refractivity contribution in [3.8, 4) is 0 Å². The molecule has 1 saturated carbocycles. The predicted octanol–water partition coefficient (Wildman–Crippen LogP) is 3.80. The standard InChI is InChI=1S/C16H21BO2/c1-2-6-14(7-3-1)12-15-8-4-5-9-16(15)13-17-18-10-11-19-17/h1-3,6-7,12,16H,4-5,8-11,13H2/b15-12-. The molecule has 3 heteroatoms. The molecule has 1 aliphatic heterocycles. The monoisotopic (exact) mass is 256 g/mol. The van der Waals surface area contributed by atoms with Gasteiger partial charge >= 0.3 is 7.12 Å². The summed E-state index contributed by atoms with van der Waals surface area (Å²) in [5, 5.41) is 0. The van der Waals surface area contributed by atoms with Crippen LogP contribution in [0.5, 0.6) is 0 Å². The van der Waals surface area contributed by atoms with Crippen LogP contribution in [0.1, 0.15) is 31.2 Å². The van der Waals surface area contributed by atoms with Gasteiger partial charge in [-0.2, -0.15) is 0 Å². The van der Waals surface area contributed by atoms with E-state index in [9.17, 15) is 0 Å². The van der Waals surface area contributed by atoms with Gasteiger partial charge in [0.25, 0.3) is 0 Å². The fourth-order valence-electron chi connectivity index (χ4n) is 3.11. The molecule has 1 saturated heterocycles. The molecule has 1 atom stereocenters. The van der Waals surface area contributed by atoms with Crippen LogP contribution in [0.3, 0.4) is 0 Å². The van der Waals surface area contributed by atoms with Crippen molar-refractivity contribution < 1.29 is 9.31 Å². The SMILES string of the molecule is C(=C1\CCCCC1CB1OCCO1)/c1ccccc1. The molecule has 3 rings (SSSR count). The summed E-state index contributed by atoms with van der Waals surface area (Å²) in [6.07, 6.45) is 8.57. The Bertz CT molecular complexity index is 424. The molecule has 0 bridgehead atoms. The van der Waals surface area contributed by atoms with E-state index in [1.165, 1.54) is 31.2 Å². The Morgan fingerprint density at radius 2 is 1.89 bits per heavy atom. The van der Waals surface area contributed by atoms with Crippen molar-refractivity contribution in [2.24, 2.45) is 5.92 Å². The van der Waals surface area contributed by atoms with Gasteiger partial charge in [-0.15, -0.1) is 0 Å². The van der Waals surface area contributed by atoms with E-state index >= 15 is 0 Å². The third-order valence-electron chi connectivity index (χ3n) is 4.11. The molecule has 19 heavy (non-hydrogen) atoms. The topological polar surface area (TPSA) is 18.5 Å². The summed E-state index contributed by atoms with van der Waals surface area (Å²) < 4.78 is 11.2. The lowest BCUT2D eigenvalue weighted by Crippen LogP contribution is -2.21. The van der Waals surface area contributed by atoms with E-state index in [-0.39, 0.29) is 7.12 Å². The Morgan fingerprint density at radius 1 is 1.11 bits per heavy atom. The zero-order valence-corrected chi connectivity index (χ0v) is 11.4. The van der Waals surface area contributed by atoms with Gasteiger partial charge in [-0.05, 0) is 37.1 Å². The smallest absolute Gasteiger partial charge is 0.409 e. The molecule has 1 aromatic carbocycles. The van der Waals surface area contributed by atoms with Crippen molar-refractivity contribution in [3.63, 3.8) is 0 Å². The largest absolute Gasteiger partial charge is 0.457 e. The van der Waals surface area contributed by atoms with E-state index in [1.807, 2.05) is 0 Å². The van der Waals surface area contributed by atoms with E-state index in [2.05, 4.69) is 36.4 Å². The molecule has 2 nitrogen and oxygen atoms in total. The van der Waals surface area contributed by atoms with E-state index in [0.29, 0.717) is 5.92 Å². The lowest BCUT2D eigenvalue weighted by Gasteiger charge is -2.26. The molecule has 1 heterocycles. The summed E-state index contributed by atoms with van der Waals surface area (Å²) in [4.78, 5) is 0. The number of benzene rings is 1. The second-order valence-electron chi connectivity index (χ2n) is 5.48. The Hall–Kier alpha value is -1.06. The first-order chi connectivity index (χ1) is 9.42. The van der Waals surface area contributed by atoms with Gasteiger partial charge in [0.1, 0.15) is 0 Å². The van der Waals surface area contributed by atoms with Gasteiger partial charge in [-0.3, -0.25) is 0 Å². The quantitative estimate of drug-likeness (QED) is 0.766. The Kier molecular flexibility index (Phi) is 4.36. The van der Waals surface area contributed by atoms with Crippen molar-refractivity contribution in [3.05, 3.63) is 41.5 Å². The molecule has 2 aliphatic rings. The van der Waals surface area contributed by atoms with Crippen LogP contribution in [0, 0.1) is 5.92 Å². The average Bonchev–Trinajstić information content (AvgIpc) is 2.95. The van der Waals surface area contributed by atoms with Crippen LogP contribution in [0.2, 0.25) is 6.32 Å². The fraction of sp³-hybridized carbons (Fsp3) is 0.500. The highest BCUT2D eigenvalue weighted by molar-refractivity contribution is 6.45. The van der Waals surface area contributed by atoms with Crippen molar-refractivity contribution in [2.45, 2.75) is 32.0 Å². The van der Waals surface area contributed by atoms with Crippen molar-refractivity contribution in [1.29, 1.82) is 0 Å². The van der Waals surface area contributed by atoms with Gasteiger partial charge in [0.15, 0.2) is 0 Å². The van der Waals surface area contributed by atoms with Gasteiger partial charge < -0.3 is 9.31 Å². The normalized spacial score (nSPS) is 26.0. The molecule has 1 aromatic rings. The van der Waals surface area contributed by atoms with Crippen LogP contribution in [-0.2, 0) is 9.31 Å². The Morgan fingerprint density at radius 3 is 2.68 bits per heavy atom. The second-order valence-corrected chi connectivity index (χ2v) is 5.48. The highest BCUT2D eigenvalue weighted by atomic mass is 16.6. The molecule has 0 spiro atoms. The third kappa shape index (κ3) is 3.49. The van der Waals surface area contributed by atoms with Gasteiger partial charge in [-0.1, -0.05) is 48.4 Å². The molecule has 100 valence electrons. The molecule has 1 unspecified atom stereocenters. The molecule has 1 aliphatic carbocycles. The minimum Gasteiger partial charge on any atom is -0.409 e. The Labute approximate surface area is 115 Å². The molecule has 0 amide bonds. The molecule has 2 fully saturated rings. The molecular weight excluding hydrogens is 235 g/mol. The molecule has 0 aromatic heterocycles. The highest BCUT2D eigenvalue weighted by Crippen LogP contribution is 2.35. The van der Waals surface area contributed by atoms with Crippen molar-refractivity contribution in [2.75, 3.05) is 13.2 Å². The van der Waals surface area contributed by atoms with E-state index in [4.69, 9.17) is 9.31 Å². The zero-order chi connectivity index (χ0) is 12.9. The summed E-state index contributed by atoms with van der Waals surface area (Å²) in [7, 11) is 0.0299. The lowest BCUT2D eigenvalue weighted by atomic mass is 9.69. The summed E-state index contributed by atoms with van der Waals surface area (Å²) >= 11 is 0. The third-order valence-corrected chi connectivity index (χ3v) is 4.11. The van der Waals surface area contributed by atoms with Gasteiger partial charge in [-0.25, -0.2) is 0 Å². The summed E-state index contributed by atoms with van der Waals surface area (Å²) in [5.41, 5.74) is 2.90. The maximum atomic E-state index is 5.60. The first kappa shape index (κ1) is 13.0. The summed E-state index contributed by atoms with van der Waals surface area (Å²) in [6, 6.07) is 10.6. The lowest BCUT2D eigenvalue weighted by molar-refractivity contribution is 0.354. The number of hydrogen-bond acceptors (Lipinski definition) is 2. The van der Waals surface area contributed by atoms with E-state index in [1.54, 1.807) is 5.57 Å². The fourth-order valence-corrected chi connectivity index (χ4v) is 3.11. The predicted molar refractivity (Wildman–Crippen MR) is 78.8 cm³/mol. The molecule has 0 radical (unpaired) electrons. The molecular formula is C16H21BO2. The highest BCUT2D eigenvalue weighted by Gasteiger charge is 2.30. The van der Waals surface area contributed by atoms with Crippen LogP contribution >= 0.6 is 0 Å². The maximum absolute atomic E-state index is 5.60. The minimum absolute atomic E-state index is 0.0299. The zero-order valence-electron chi connectivity index (χ0n) is 11.4. The maximum Gasteiger partial charge on any atom is 0.457 e. The van der Waals surface area contributed by atoms with Gasteiger partial charge in [0.2, 0.25) is 0 Å². The number of hydrogen-bond donors (Lipinski definition) is 0. The first-order valence-corrected chi connectivity index (χ1v) is 7.40. The van der Waals surface area contributed by atoms with E-state index < -0.39 is 0 Å². The van der Waals surface area contributed by atoms with Gasteiger partial charge in [0, 0.05) is 0 Å². The van der Waals surface area contributed by atoms with Crippen LogP contribution in [0.25, 0.3) is 6.08 Å². The van der Waals surface area contributed by atoms with Crippen molar-refractivity contribution in [1.82, 2.24) is 0 Å². The van der Waals surface area contributed by atoms with Gasteiger partial charge in [0.05, 0.1) is 13.2 Å². The Balaban J connectivity index is 1.71. The average molecular weight is 256 g/mol. The van der Waals surface area contributed by atoms with Crippen LogP contribution < -0.4 is 0 Å². The summed E-state index contributed by atoms with van der Waals surface area (Å²) in [6.45, 7) is 1.52. The van der Waals surface area contributed by atoms with Crippen LogP contribution in [-0.4, -0.2) is 20.3 Å². The number of allylic oxidation sites excluding steroid dienone is 1. The number of rotatable bonds is 3. The van der Waals surface area contributed by atoms with Crippen LogP contribution in [0.15, 0.2) is 35.9 Å². The second kappa shape index (κ2) is 6.40. The van der Waals surface area contributed by atoms with Crippen LogP contribution in [0.4, 0.5) is 0 Å². The van der Waals surface area contributed by atoms with Crippen molar-refractivity contribution >= 4 is 13.2 Å². The minimum atomic E-state index is 0.0299. The summed E-state index contributed by atoms with van der Waals surface area (Å²) in [5.74, 6) is 0.636. The van der Waals surface area contributed by atoms with E-state index in [0.717, 1.165) is 19.5 Å². The first-order valence-electron chi connectivity index (χ1n) is 7.40. The molecule has 0 N–H and O–H groups in total.